The molecule has 6 amide bonds. The van der Waals surface area contributed by atoms with Crippen LogP contribution in [-0.4, -0.2) is 128 Å². The Hall–Kier alpha value is -5.60. The summed E-state index contributed by atoms with van der Waals surface area (Å²) in [5.74, 6) is -9.06. The maximum atomic E-state index is 13.8. The topological polar surface area (TPSA) is 331 Å². The molecule has 0 spiro atoms. The Morgan fingerprint density at radius 2 is 1.14 bits per heavy atom. The van der Waals surface area contributed by atoms with Crippen LogP contribution in [0.5, 0.6) is 0 Å². The van der Waals surface area contributed by atoms with Crippen molar-refractivity contribution in [1.82, 2.24) is 36.9 Å². The van der Waals surface area contributed by atoms with Crippen LogP contribution in [-0.2, 0) is 44.8 Å². The number of hydrogen-bond acceptors (Lipinski definition) is 11. The number of fused-ring (bicyclic) bond motifs is 1. The van der Waals surface area contributed by atoms with Crippen molar-refractivity contribution >= 4 is 58.3 Å². The number of carbonyl (C=O) groups excluding carboxylic acids is 6. The smallest absolute Gasteiger partial charge is 0.326 e. The van der Waals surface area contributed by atoms with E-state index in [0.717, 1.165) is 0 Å². The summed E-state index contributed by atoms with van der Waals surface area (Å²) in [6.07, 6.45) is 1.08. The van der Waals surface area contributed by atoms with E-state index < -0.39 is 115 Å². The minimum Gasteiger partial charge on any atom is -0.481 e. The molecule has 0 aliphatic heterocycles. The summed E-state index contributed by atoms with van der Waals surface area (Å²) < 4.78 is 0. The zero-order chi connectivity index (χ0) is 44.6. The Morgan fingerprint density at radius 3 is 1.66 bits per heavy atom. The molecule has 0 saturated carbocycles. The van der Waals surface area contributed by atoms with Gasteiger partial charge in [-0.25, -0.2) is 4.79 Å². The first-order valence-electron chi connectivity index (χ1n) is 19.5. The summed E-state index contributed by atoms with van der Waals surface area (Å²) in [5.41, 5.74) is 6.86. The SMILES string of the molecule is CC[C@H](C)[C@H](NC(=O)[C@H](CC(C)C)NC(=O)[C@H](CC(C)C)NC(=O)[C@@H](N)CO)C(=O)N[C@@H](CO)C(=O)N[C@@H](Cc1c[nH]c2ccccc12)C(=O)N[C@@H](CC(=O)O)C(=O)O. The number of rotatable bonds is 25. The number of amides is 6. The van der Waals surface area contributed by atoms with Crippen molar-refractivity contribution in [2.45, 2.75) is 116 Å². The molecule has 20 nitrogen and oxygen atoms in total. The van der Waals surface area contributed by atoms with Crippen LogP contribution < -0.4 is 37.6 Å². The number of para-hydroxylation sites is 1. The first kappa shape index (κ1) is 49.5. The molecule has 8 atom stereocenters. The van der Waals surface area contributed by atoms with Gasteiger partial charge in [-0.05, 0) is 42.2 Å². The van der Waals surface area contributed by atoms with Crippen LogP contribution in [0.2, 0.25) is 0 Å². The number of H-pyrrole nitrogens is 1. The number of benzene rings is 1. The zero-order valence-corrected chi connectivity index (χ0v) is 34.2. The Morgan fingerprint density at radius 1 is 0.644 bits per heavy atom. The van der Waals surface area contributed by atoms with Gasteiger partial charge in [0.2, 0.25) is 35.4 Å². The molecule has 0 fully saturated rings. The molecule has 1 heterocycles. The highest BCUT2D eigenvalue weighted by molar-refractivity contribution is 5.97. The number of hydrogen-bond donors (Lipinski definition) is 12. The van der Waals surface area contributed by atoms with Crippen LogP contribution in [0.3, 0.4) is 0 Å². The lowest BCUT2D eigenvalue weighted by molar-refractivity contribution is -0.147. The lowest BCUT2D eigenvalue weighted by Crippen LogP contribution is -2.61. The summed E-state index contributed by atoms with van der Waals surface area (Å²) in [4.78, 5) is 107. The van der Waals surface area contributed by atoms with Crippen molar-refractivity contribution in [3.8, 4) is 0 Å². The Bertz CT molecular complexity index is 1780. The summed E-state index contributed by atoms with van der Waals surface area (Å²) in [6, 6.07) is -2.88. The molecule has 1 aromatic heterocycles. The molecular formula is C39H60N8O12. The van der Waals surface area contributed by atoms with Crippen molar-refractivity contribution in [3.05, 3.63) is 36.0 Å². The van der Waals surface area contributed by atoms with E-state index in [1.54, 1.807) is 44.3 Å². The van der Waals surface area contributed by atoms with E-state index in [9.17, 15) is 58.8 Å². The van der Waals surface area contributed by atoms with Crippen molar-refractivity contribution in [2.24, 2.45) is 23.5 Å². The molecule has 2 rings (SSSR count). The summed E-state index contributed by atoms with van der Waals surface area (Å²) in [6.45, 7) is 9.05. The normalized spacial score (nSPS) is 15.4. The Labute approximate surface area is 342 Å². The van der Waals surface area contributed by atoms with Gasteiger partial charge in [0.25, 0.3) is 0 Å². The van der Waals surface area contributed by atoms with E-state index >= 15 is 0 Å². The van der Waals surface area contributed by atoms with Gasteiger partial charge in [0.15, 0.2) is 0 Å². The van der Waals surface area contributed by atoms with Gasteiger partial charge in [-0.2, -0.15) is 0 Å². The van der Waals surface area contributed by atoms with Crippen LogP contribution in [0.25, 0.3) is 10.9 Å². The molecular weight excluding hydrogens is 772 g/mol. The van der Waals surface area contributed by atoms with Gasteiger partial charge in [-0.3, -0.25) is 33.6 Å². The largest absolute Gasteiger partial charge is 0.481 e. The second-order valence-corrected chi connectivity index (χ2v) is 15.4. The highest BCUT2D eigenvalue weighted by Gasteiger charge is 2.36. The zero-order valence-electron chi connectivity index (χ0n) is 34.2. The second kappa shape index (κ2) is 23.7. The molecule has 0 aliphatic carbocycles. The van der Waals surface area contributed by atoms with E-state index in [1.807, 2.05) is 27.7 Å². The number of carboxylic acids is 2. The minimum absolute atomic E-state index is 0.0688. The number of aliphatic carboxylic acids is 2. The average Bonchev–Trinajstić information content (AvgIpc) is 3.58. The predicted octanol–water partition coefficient (Wildman–Crippen LogP) is -1.37. The van der Waals surface area contributed by atoms with E-state index in [-0.39, 0.29) is 31.1 Å². The van der Waals surface area contributed by atoms with Gasteiger partial charge in [0.1, 0.15) is 42.3 Å². The number of carboxylic acid groups (broad SMARTS) is 2. The first-order chi connectivity index (χ1) is 27.7. The van der Waals surface area contributed by atoms with Crippen LogP contribution in [0, 0.1) is 17.8 Å². The highest BCUT2D eigenvalue weighted by atomic mass is 16.4. The molecule has 0 radical (unpaired) electrons. The molecule has 0 saturated heterocycles. The van der Waals surface area contributed by atoms with Gasteiger partial charge in [-0.1, -0.05) is 66.2 Å². The standard InChI is InChI=1S/C39H60N8O12/c1-7-21(6)32(47-36(55)27(13-20(4)5)43-34(53)26(12-19(2)3)42-33(52)24(40)17-48)38(57)46-30(18-49)37(56)44-28(35(54)45-29(39(58)59)15-31(50)51)14-22-16-41-25-11-9-8-10-23(22)25/h8-11,16,19-21,24,26-30,32,41,48-49H,7,12-15,17-18,40H2,1-6H3,(H,42,52)(H,43,53)(H,44,56)(H,45,54)(H,46,57)(H,47,55)(H,50,51)(H,58,59)/t21-,24-,26-,27-,28-,29-,30-,32-/m0/s1. The minimum atomic E-state index is -1.84. The number of carbonyl (C=O) groups is 8. The van der Waals surface area contributed by atoms with Crippen molar-refractivity contribution in [2.75, 3.05) is 13.2 Å². The molecule has 328 valence electrons. The average molecular weight is 833 g/mol. The highest BCUT2D eigenvalue weighted by Crippen LogP contribution is 2.20. The van der Waals surface area contributed by atoms with Crippen molar-refractivity contribution in [3.63, 3.8) is 0 Å². The van der Waals surface area contributed by atoms with Crippen LogP contribution in [0.1, 0.15) is 72.8 Å². The van der Waals surface area contributed by atoms with E-state index in [2.05, 4.69) is 36.9 Å². The number of nitrogens with two attached hydrogens (primary N) is 1. The molecule has 13 N–H and O–H groups in total. The van der Waals surface area contributed by atoms with Crippen LogP contribution >= 0.6 is 0 Å². The lowest BCUT2D eigenvalue weighted by atomic mass is 9.96. The number of nitrogens with one attached hydrogen (secondary N) is 7. The second-order valence-electron chi connectivity index (χ2n) is 15.4. The Balaban J connectivity index is 2.35. The number of aromatic amines is 1. The maximum absolute atomic E-state index is 13.8. The van der Waals surface area contributed by atoms with Gasteiger partial charge in [0, 0.05) is 23.5 Å². The number of aromatic nitrogens is 1. The molecule has 59 heavy (non-hydrogen) atoms. The van der Waals surface area contributed by atoms with Crippen LogP contribution in [0.15, 0.2) is 30.5 Å². The Kier molecular flexibility index (Phi) is 19.9. The molecule has 2 aromatic rings. The van der Waals surface area contributed by atoms with Gasteiger partial charge in [-0.15, -0.1) is 0 Å². The quantitative estimate of drug-likeness (QED) is 0.0550. The van der Waals surface area contributed by atoms with Crippen LogP contribution in [0.4, 0.5) is 0 Å². The number of aliphatic hydroxyl groups is 2. The third kappa shape index (κ3) is 15.6. The maximum Gasteiger partial charge on any atom is 0.326 e. The van der Waals surface area contributed by atoms with E-state index in [1.165, 1.54) is 0 Å². The summed E-state index contributed by atoms with van der Waals surface area (Å²) in [5, 5.41) is 53.8. The third-order valence-corrected chi connectivity index (χ3v) is 9.55. The third-order valence-electron chi connectivity index (χ3n) is 9.55. The number of aliphatic hydroxyl groups excluding tert-OH is 2. The molecule has 0 bridgehead atoms. The van der Waals surface area contributed by atoms with Crippen molar-refractivity contribution in [1.29, 1.82) is 0 Å². The summed E-state index contributed by atoms with van der Waals surface area (Å²) in [7, 11) is 0. The molecule has 20 heteroatoms. The fourth-order valence-corrected chi connectivity index (χ4v) is 6.10. The van der Waals surface area contributed by atoms with E-state index in [4.69, 9.17) is 5.73 Å². The van der Waals surface area contributed by atoms with Crippen molar-refractivity contribution < 1.29 is 58.8 Å². The van der Waals surface area contributed by atoms with Gasteiger partial charge in [0.05, 0.1) is 19.6 Å². The fraction of sp³-hybridized carbons (Fsp3) is 0.590. The summed E-state index contributed by atoms with van der Waals surface area (Å²) >= 11 is 0. The van der Waals surface area contributed by atoms with Gasteiger partial charge < -0.3 is 63.0 Å². The van der Waals surface area contributed by atoms with E-state index in [0.29, 0.717) is 22.9 Å². The monoisotopic (exact) mass is 832 g/mol. The predicted molar refractivity (Wildman–Crippen MR) is 214 cm³/mol. The molecule has 0 unspecified atom stereocenters. The lowest BCUT2D eigenvalue weighted by Gasteiger charge is -2.30. The first-order valence-corrected chi connectivity index (χ1v) is 19.5. The fourth-order valence-electron chi connectivity index (χ4n) is 6.10. The molecule has 0 aliphatic rings. The van der Waals surface area contributed by atoms with Gasteiger partial charge >= 0.3 is 11.9 Å². The molecule has 1 aromatic carbocycles.